The van der Waals surface area contributed by atoms with E-state index < -0.39 is 0 Å². The number of likely N-dealkylation sites (tertiary alicyclic amines) is 1. The monoisotopic (exact) mass is 556 g/mol. The standard InChI is InChI=1S/C32H44N8O/c1-37-11-13-39(14-12-37)20-26-5-4-10-40(21-26)19-25-8-9-27(30(33)15-25)18-34-29-7-3-6-28(16-29)32(22-41-23-32)17-31-36-35-24-38(31)2/h3,6-9,15-16,18,24,26,33-34H,4-5,10-14,17,19-23H2,1-2H3/b27-18-,33-30?. The first kappa shape index (κ1) is 28.0. The van der Waals surface area contributed by atoms with Crippen LogP contribution in [0.2, 0.25) is 0 Å². The van der Waals surface area contributed by atoms with Gasteiger partial charge >= 0.3 is 0 Å². The van der Waals surface area contributed by atoms with Gasteiger partial charge in [0.2, 0.25) is 0 Å². The molecule has 4 aliphatic rings. The molecule has 0 amide bonds. The van der Waals surface area contributed by atoms with Crippen LogP contribution in [0.1, 0.15) is 24.2 Å². The zero-order chi connectivity index (χ0) is 28.2. The summed E-state index contributed by atoms with van der Waals surface area (Å²) in [6.07, 6.45) is 13.4. The molecule has 9 heteroatoms. The minimum Gasteiger partial charge on any atom is -0.379 e. The van der Waals surface area contributed by atoms with Crippen molar-refractivity contribution in [3.05, 3.63) is 77.6 Å². The Morgan fingerprint density at radius 2 is 1.95 bits per heavy atom. The van der Waals surface area contributed by atoms with Crippen LogP contribution >= 0.6 is 0 Å². The third-order valence-electron chi connectivity index (χ3n) is 9.17. The number of hydrogen-bond donors (Lipinski definition) is 2. The van der Waals surface area contributed by atoms with E-state index in [1.165, 1.54) is 56.7 Å². The molecule has 0 spiro atoms. The largest absolute Gasteiger partial charge is 0.379 e. The SMILES string of the molecule is CN1CCN(CC2CCCN(CC3=CC(=N)/C(=C\Nc4cccc(C5(Cc6nncn6C)COC5)c4)C=C3)C2)CC1. The Hall–Kier alpha value is -3.11. The lowest BCUT2D eigenvalue weighted by Gasteiger charge is -2.41. The number of allylic oxidation sites excluding steroid dienone is 3. The predicted octanol–water partition coefficient (Wildman–Crippen LogP) is 3.10. The van der Waals surface area contributed by atoms with E-state index >= 15 is 0 Å². The first-order valence-corrected chi connectivity index (χ1v) is 15.0. The van der Waals surface area contributed by atoms with E-state index in [1.807, 2.05) is 23.9 Å². The lowest BCUT2D eigenvalue weighted by atomic mass is 9.75. The van der Waals surface area contributed by atoms with Gasteiger partial charge in [0.05, 0.1) is 18.9 Å². The number of piperidine rings is 1. The molecule has 1 atom stereocenters. The highest BCUT2D eigenvalue weighted by Gasteiger charge is 2.41. The van der Waals surface area contributed by atoms with E-state index in [2.05, 4.69) is 73.7 Å². The Kier molecular flexibility index (Phi) is 8.48. The van der Waals surface area contributed by atoms with Gasteiger partial charge in [0.15, 0.2) is 0 Å². The Balaban J connectivity index is 1.03. The Morgan fingerprint density at radius 1 is 1.10 bits per heavy atom. The highest BCUT2D eigenvalue weighted by molar-refractivity contribution is 6.10. The van der Waals surface area contributed by atoms with Gasteiger partial charge in [-0.15, -0.1) is 10.2 Å². The quantitative estimate of drug-likeness (QED) is 0.491. The van der Waals surface area contributed by atoms with Crippen LogP contribution in [-0.2, 0) is 23.6 Å². The molecule has 0 bridgehead atoms. The first-order valence-electron chi connectivity index (χ1n) is 15.0. The van der Waals surface area contributed by atoms with Gasteiger partial charge in [0, 0.05) is 82.2 Å². The highest BCUT2D eigenvalue weighted by atomic mass is 16.5. The van der Waals surface area contributed by atoms with Gasteiger partial charge in [-0.25, -0.2) is 0 Å². The maximum atomic E-state index is 8.70. The third-order valence-corrected chi connectivity index (χ3v) is 9.17. The van der Waals surface area contributed by atoms with E-state index in [1.54, 1.807) is 6.33 Å². The van der Waals surface area contributed by atoms with Crippen LogP contribution in [0.5, 0.6) is 0 Å². The zero-order valence-electron chi connectivity index (χ0n) is 24.6. The molecule has 4 heterocycles. The van der Waals surface area contributed by atoms with Crippen molar-refractivity contribution in [2.45, 2.75) is 24.7 Å². The van der Waals surface area contributed by atoms with Crippen LogP contribution in [0.15, 0.2) is 66.2 Å². The van der Waals surface area contributed by atoms with E-state index in [0.717, 1.165) is 49.1 Å². The van der Waals surface area contributed by atoms with Crippen molar-refractivity contribution in [1.29, 1.82) is 5.41 Å². The van der Waals surface area contributed by atoms with Gasteiger partial charge in [0.25, 0.3) is 0 Å². The summed E-state index contributed by atoms with van der Waals surface area (Å²) in [6.45, 7) is 10.6. The number of anilines is 1. The summed E-state index contributed by atoms with van der Waals surface area (Å²) in [4.78, 5) is 7.67. The van der Waals surface area contributed by atoms with E-state index in [-0.39, 0.29) is 5.41 Å². The fourth-order valence-corrected chi connectivity index (χ4v) is 6.51. The summed E-state index contributed by atoms with van der Waals surface area (Å²) in [7, 11) is 4.21. The molecule has 218 valence electrons. The molecule has 0 saturated carbocycles. The summed E-state index contributed by atoms with van der Waals surface area (Å²) in [5, 5.41) is 20.5. The highest BCUT2D eigenvalue weighted by Crippen LogP contribution is 2.36. The van der Waals surface area contributed by atoms with Crippen molar-refractivity contribution in [2.75, 3.05) is 77.9 Å². The number of aryl methyl sites for hydroxylation is 1. The molecule has 3 fully saturated rings. The Morgan fingerprint density at radius 3 is 2.68 bits per heavy atom. The Bertz CT molecular complexity index is 1310. The molecule has 6 rings (SSSR count). The number of likely N-dealkylation sites (N-methyl/N-ethyl adjacent to an activating group) is 1. The fraction of sp³-hybridized carbons (Fsp3) is 0.531. The molecule has 2 N–H and O–H groups in total. The maximum absolute atomic E-state index is 8.70. The van der Waals surface area contributed by atoms with Crippen LogP contribution in [0.3, 0.4) is 0 Å². The number of rotatable bonds is 9. The number of ether oxygens (including phenoxy) is 1. The number of nitrogens with one attached hydrogen (secondary N) is 2. The lowest BCUT2D eigenvalue weighted by molar-refractivity contribution is -0.0610. The van der Waals surface area contributed by atoms with Gasteiger partial charge in [-0.1, -0.05) is 24.3 Å². The number of nitrogens with zero attached hydrogens (tertiary/aromatic N) is 6. The van der Waals surface area contributed by atoms with Gasteiger partial charge in [-0.3, -0.25) is 4.90 Å². The second-order valence-electron chi connectivity index (χ2n) is 12.4. The average Bonchev–Trinajstić information content (AvgIpc) is 3.36. The van der Waals surface area contributed by atoms with Gasteiger partial charge in [-0.2, -0.15) is 0 Å². The second kappa shape index (κ2) is 12.4. The predicted molar refractivity (Wildman–Crippen MR) is 163 cm³/mol. The van der Waals surface area contributed by atoms with Crippen LogP contribution in [0.25, 0.3) is 0 Å². The fourth-order valence-electron chi connectivity index (χ4n) is 6.51. The number of benzene rings is 1. The summed E-state index contributed by atoms with van der Waals surface area (Å²) in [5.74, 6) is 1.72. The third kappa shape index (κ3) is 6.70. The molecule has 9 nitrogen and oxygen atoms in total. The second-order valence-corrected chi connectivity index (χ2v) is 12.4. The number of hydrogen-bond acceptors (Lipinski definition) is 8. The molecule has 41 heavy (non-hydrogen) atoms. The van der Waals surface area contributed by atoms with Crippen molar-refractivity contribution >= 4 is 11.4 Å². The van der Waals surface area contributed by atoms with Crippen molar-refractivity contribution < 1.29 is 4.74 Å². The van der Waals surface area contributed by atoms with E-state index in [0.29, 0.717) is 18.9 Å². The van der Waals surface area contributed by atoms with Crippen LogP contribution in [0.4, 0.5) is 5.69 Å². The average molecular weight is 557 g/mol. The molecule has 1 aromatic heterocycles. The number of aromatic nitrogens is 3. The van der Waals surface area contributed by atoms with Crippen molar-refractivity contribution in [1.82, 2.24) is 29.5 Å². The van der Waals surface area contributed by atoms with Crippen molar-refractivity contribution in [2.24, 2.45) is 13.0 Å². The van der Waals surface area contributed by atoms with Crippen molar-refractivity contribution in [3.8, 4) is 0 Å². The normalized spacial score (nSPS) is 24.8. The summed E-state index contributed by atoms with van der Waals surface area (Å²) < 4.78 is 7.64. The van der Waals surface area contributed by atoms with Crippen LogP contribution in [0, 0.1) is 11.3 Å². The molecule has 2 aromatic rings. The van der Waals surface area contributed by atoms with E-state index in [4.69, 9.17) is 10.1 Å². The molecule has 1 aromatic carbocycles. The maximum Gasteiger partial charge on any atom is 0.133 e. The summed E-state index contributed by atoms with van der Waals surface area (Å²) in [5.41, 5.74) is 4.84. The van der Waals surface area contributed by atoms with Gasteiger partial charge in [0.1, 0.15) is 12.2 Å². The molecular weight excluding hydrogens is 512 g/mol. The molecule has 0 radical (unpaired) electrons. The van der Waals surface area contributed by atoms with Crippen LogP contribution in [-0.4, -0.2) is 108 Å². The topological polar surface area (TPSA) is 85.5 Å². The summed E-state index contributed by atoms with van der Waals surface area (Å²) >= 11 is 0. The summed E-state index contributed by atoms with van der Waals surface area (Å²) in [6, 6.07) is 8.53. The molecule has 3 saturated heterocycles. The smallest absolute Gasteiger partial charge is 0.133 e. The molecular formula is C32H44N8O. The minimum absolute atomic E-state index is 0.0847. The molecule has 3 aliphatic heterocycles. The minimum atomic E-state index is -0.0847. The molecule has 1 aliphatic carbocycles. The molecule has 1 unspecified atom stereocenters. The van der Waals surface area contributed by atoms with Crippen LogP contribution < -0.4 is 5.32 Å². The zero-order valence-corrected chi connectivity index (χ0v) is 24.6. The van der Waals surface area contributed by atoms with Gasteiger partial charge < -0.3 is 29.8 Å². The lowest BCUT2D eigenvalue weighted by Crippen LogP contribution is -2.49. The number of piperazine rings is 1. The van der Waals surface area contributed by atoms with E-state index in [9.17, 15) is 0 Å². The first-order chi connectivity index (χ1) is 20.0. The Labute approximate surface area is 244 Å². The van der Waals surface area contributed by atoms with Gasteiger partial charge in [-0.05, 0) is 61.7 Å². The van der Waals surface area contributed by atoms with Crippen molar-refractivity contribution in [3.63, 3.8) is 0 Å².